The second-order valence-electron chi connectivity index (χ2n) is 10.4. The van der Waals surface area contributed by atoms with Gasteiger partial charge in [-0.25, -0.2) is 19.7 Å². The molecule has 1 fully saturated rings. The Morgan fingerprint density at radius 1 is 1.29 bits per heavy atom. The highest BCUT2D eigenvalue weighted by Crippen LogP contribution is 2.43. The fourth-order valence-electron chi connectivity index (χ4n) is 4.44. The summed E-state index contributed by atoms with van der Waals surface area (Å²) in [5.41, 5.74) is 0.449. The maximum atomic E-state index is 13.8. The van der Waals surface area contributed by atoms with Crippen LogP contribution >= 0.6 is 27.5 Å². The Labute approximate surface area is 232 Å². The maximum absolute atomic E-state index is 13.8. The number of halogens is 2. The van der Waals surface area contributed by atoms with Gasteiger partial charge in [0.15, 0.2) is 0 Å². The molecule has 200 valence electrons. The van der Waals surface area contributed by atoms with E-state index in [-0.39, 0.29) is 17.5 Å². The van der Waals surface area contributed by atoms with E-state index in [1.807, 2.05) is 27.0 Å². The van der Waals surface area contributed by atoms with Gasteiger partial charge in [0, 0.05) is 23.8 Å². The molecule has 5 rings (SSSR count). The Bertz CT molecular complexity index is 1560. The van der Waals surface area contributed by atoms with Crippen molar-refractivity contribution >= 4 is 61.4 Å². The Hall–Kier alpha value is -3.18. The molecule has 4 aromatic rings. The number of fused-ring (bicyclic) bond motifs is 2. The van der Waals surface area contributed by atoms with Crippen LogP contribution < -0.4 is 16.2 Å². The van der Waals surface area contributed by atoms with E-state index in [0.717, 1.165) is 22.7 Å². The molecule has 1 aromatic carbocycles. The summed E-state index contributed by atoms with van der Waals surface area (Å²) in [5, 5.41) is 7.89. The third kappa shape index (κ3) is 5.63. The monoisotopic (exact) mass is 601 g/mol. The van der Waals surface area contributed by atoms with Crippen LogP contribution in [0.25, 0.3) is 21.9 Å². The van der Waals surface area contributed by atoms with E-state index in [1.54, 1.807) is 22.8 Å². The molecular formula is C26H29BrClN7O3. The van der Waals surface area contributed by atoms with Gasteiger partial charge in [-0.15, -0.1) is 0 Å². The van der Waals surface area contributed by atoms with Gasteiger partial charge < -0.3 is 20.4 Å². The summed E-state index contributed by atoms with van der Waals surface area (Å²) in [6.07, 6.45) is 5.34. The van der Waals surface area contributed by atoms with Crippen molar-refractivity contribution in [3.63, 3.8) is 0 Å². The number of hydrogen-bond donors (Lipinski definition) is 3. The lowest BCUT2D eigenvalue weighted by molar-refractivity contribution is 0.0526. The number of carbonyl (C=O) groups is 1. The highest BCUT2D eigenvalue weighted by molar-refractivity contribution is 9.10. The van der Waals surface area contributed by atoms with Crippen LogP contribution in [0.5, 0.6) is 0 Å². The van der Waals surface area contributed by atoms with Crippen LogP contribution in [0.15, 0.2) is 40.0 Å². The summed E-state index contributed by atoms with van der Waals surface area (Å²) in [6, 6.07) is 5.03. The zero-order valence-electron chi connectivity index (χ0n) is 21.3. The van der Waals surface area contributed by atoms with E-state index < -0.39 is 11.7 Å². The van der Waals surface area contributed by atoms with Crippen molar-refractivity contribution in [1.29, 1.82) is 0 Å². The number of aromatic nitrogens is 5. The number of aromatic amines is 1. The second kappa shape index (κ2) is 10.5. The Morgan fingerprint density at radius 2 is 2.08 bits per heavy atom. The normalized spacial score (nSPS) is 14.6. The predicted octanol–water partition coefficient (Wildman–Crippen LogP) is 5.56. The van der Waals surface area contributed by atoms with E-state index >= 15 is 0 Å². The Morgan fingerprint density at radius 3 is 2.82 bits per heavy atom. The SMILES string of the molecule is CC(C)(C)OC(=O)NCCCn1c([C@@H](Nc2ncnc3[nH]cc(Br)c23)C2CC2)nc2cccc(Cl)c2c1=O. The molecule has 3 aromatic heterocycles. The zero-order valence-corrected chi connectivity index (χ0v) is 23.7. The summed E-state index contributed by atoms with van der Waals surface area (Å²) < 4.78 is 7.83. The number of alkyl carbamates (subject to hydrolysis) is 1. The third-order valence-corrected chi connectivity index (χ3v) is 7.21. The number of nitrogens with one attached hydrogen (secondary N) is 3. The highest BCUT2D eigenvalue weighted by Gasteiger charge is 2.36. The molecule has 0 radical (unpaired) electrons. The minimum absolute atomic E-state index is 0.212. The standard InChI is InChI=1S/C26H29BrClN7O3/c1-26(2,3)38-25(37)29-10-5-11-35-23(33-17-7-4-6-16(28)19(17)24(35)36)20(14-8-9-14)34-22-18-15(27)12-30-21(18)31-13-32-22/h4,6-7,12-14,20H,5,8-11H2,1-3H3,(H,29,37)(H2,30,31,32,34)/t20-/m0/s1. The van der Waals surface area contributed by atoms with Gasteiger partial charge in [0.2, 0.25) is 0 Å². The number of H-pyrrole nitrogens is 1. The number of ether oxygens (including phenoxy) is 1. The zero-order chi connectivity index (χ0) is 27.0. The molecule has 1 aliphatic carbocycles. The van der Waals surface area contributed by atoms with Crippen LogP contribution in [-0.2, 0) is 11.3 Å². The summed E-state index contributed by atoms with van der Waals surface area (Å²) in [4.78, 5) is 42.7. The van der Waals surface area contributed by atoms with Crippen molar-refractivity contribution in [2.45, 2.75) is 58.2 Å². The number of carbonyl (C=O) groups excluding carboxylic acids is 1. The number of rotatable bonds is 8. The van der Waals surface area contributed by atoms with Crippen LogP contribution in [0.2, 0.25) is 5.02 Å². The summed E-state index contributed by atoms with van der Waals surface area (Å²) in [7, 11) is 0. The fourth-order valence-corrected chi connectivity index (χ4v) is 5.18. The van der Waals surface area contributed by atoms with Gasteiger partial charge >= 0.3 is 6.09 Å². The number of nitrogens with zero attached hydrogens (tertiary/aromatic N) is 4. The van der Waals surface area contributed by atoms with Gasteiger partial charge in [0.05, 0.1) is 27.4 Å². The van der Waals surface area contributed by atoms with Crippen LogP contribution in [0.4, 0.5) is 10.6 Å². The average molecular weight is 603 g/mol. The largest absolute Gasteiger partial charge is 0.444 e. The average Bonchev–Trinajstić information content (AvgIpc) is 3.62. The van der Waals surface area contributed by atoms with Crippen molar-refractivity contribution in [1.82, 2.24) is 29.8 Å². The van der Waals surface area contributed by atoms with E-state index in [4.69, 9.17) is 21.3 Å². The molecule has 3 N–H and O–H groups in total. The molecule has 0 saturated heterocycles. The van der Waals surface area contributed by atoms with Crippen LogP contribution in [0.3, 0.4) is 0 Å². The Kier molecular flexibility index (Phi) is 7.32. The van der Waals surface area contributed by atoms with Gasteiger partial charge in [-0.05, 0) is 74.0 Å². The van der Waals surface area contributed by atoms with E-state index in [9.17, 15) is 9.59 Å². The quantitative estimate of drug-likeness (QED) is 0.225. The molecule has 0 unspecified atom stereocenters. The number of hydrogen-bond acceptors (Lipinski definition) is 7. The smallest absolute Gasteiger partial charge is 0.407 e. The molecule has 0 spiro atoms. The molecule has 12 heteroatoms. The van der Waals surface area contributed by atoms with Crippen molar-refractivity contribution in [2.24, 2.45) is 5.92 Å². The summed E-state index contributed by atoms with van der Waals surface area (Å²) in [5.74, 6) is 1.55. The van der Waals surface area contributed by atoms with Crippen molar-refractivity contribution in [2.75, 3.05) is 11.9 Å². The molecule has 1 atom stereocenters. The molecule has 0 aliphatic heterocycles. The van der Waals surface area contributed by atoms with E-state index in [2.05, 4.69) is 41.5 Å². The lowest BCUT2D eigenvalue weighted by atomic mass is 10.1. The maximum Gasteiger partial charge on any atom is 0.407 e. The topological polar surface area (TPSA) is 127 Å². The van der Waals surface area contributed by atoms with Crippen molar-refractivity contribution < 1.29 is 9.53 Å². The first-order valence-electron chi connectivity index (χ1n) is 12.5. The first kappa shape index (κ1) is 26.4. The Balaban J connectivity index is 1.49. The third-order valence-electron chi connectivity index (χ3n) is 6.27. The van der Waals surface area contributed by atoms with Gasteiger partial charge in [0.25, 0.3) is 5.56 Å². The van der Waals surface area contributed by atoms with Crippen LogP contribution in [0.1, 0.15) is 51.9 Å². The molecule has 1 saturated carbocycles. The number of benzene rings is 1. The molecule has 1 aliphatic rings. The van der Waals surface area contributed by atoms with Gasteiger partial charge in [-0.3, -0.25) is 9.36 Å². The molecule has 1 amide bonds. The minimum atomic E-state index is -0.586. The lowest BCUT2D eigenvalue weighted by Gasteiger charge is -2.24. The summed E-state index contributed by atoms with van der Waals surface area (Å²) >= 11 is 10.0. The molecule has 3 heterocycles. The van der Waals surface area contributed by atoms with Gasteiger partial charge in [-0.1, -0.05) is 17.7 Å². The van der Waals surface area contributed by atoms with Crippen molar-refractivity contribution in [3.8, 4) is 0 Å². The number of anilines is 1. The summed E-state index contributed by atoms with van der Waals surface area (Å²) in [6.45, 7) is 6.11. The van der Waals surface area contributed by atoms with Crippen LogP contribution in [-0.4, -0.2) is 42.7 Å². The molecular weight excluding hydrogens is 574 g/mol. The first-order chi connectivity index (χ1) is 18.1. The van der Waals surface area contributed by atoms with Gasteiger partial charge in [0.1, 0.15) is 29.2 Å². The minimum Gasteiger partial charge on any atom is -0.444 e. The van der Waals surface area contributed by atoms with E-state index in [0.29, 0.717) is 52.7 Å². The van der Waals surface area contributed by atoms with Crippen LogP contribution in [0, 0.1) is 5.92 Å². The van der Waals surface area contributed by atoms with E-state index in [1.165, 1.54) is 6.33 Å². The highest BCUT2D eigenvalue weighted by atomic mass is 79.9. The molecule has 38 heavy (non-hydrogen) atoms. The van der Waals surface area contributed by atoms with Gasteiger partial charge in [-0.2, -0.15) is 0 Å². The van der Waals surface area contributed by atoms with Crippen molar-refractivity contribution in [3.05, 3.63) is 56.4 Å². The molecule has 10 nitrogen and oxygen atoms in total. The lowest BCUT2D eigenvalue weighted by Crippen LogP contribution is -2.34. The molecule has 0 bridgehead atoms. The number of amides is 1. The predicted molar refractivity (Wildman–Crippen MR) is 151 cm³/mol. The second-order valence-corrected chi connectivity index (χ2v) is 11.6. The fraction of sp³-hybridized carbons (Fsp3) is 0.423. The first-order valence-corrected chi connectivity index (χ1v) is 13.7.